The van der Waals surface area contributed by atoms with Crippen molar-refractivity contribution in [3.05, 3.63) is 48.4 Å². The van der Waals surface area contributed by atoms with Crippen molar-refractivity contribution >= 4 is 23.7 Å². The van der Waals surface area contributed by atoms with Crippen LogP contribution in [0.1, 0.15) is 40.2 Å². The van der Waals surface area contributed by atoms with Crippen LogP contribution in [0.25, 0.3) is 0 Å². The second-order valence-corrected chi connectivity index (χ2v) is 11.2. The van der Waals surface area contributed by atoms with Gasteiger partial charge in [0.05, 0.1) is 32.8 Å². The number of alkyl carbamates (subject to hydrolysis) is 1. The highest BCUT2D eigenvalue weighted by Crippen LogP contribution is 2.11. The summed E-state index contributed by atoms with van der Waals surface area (Å²) in [4.78, 5) is 45.3. The number of imidazole rings is 1. The molecule has 2 aromatic rings. The van der Waals surface area contributed by atoms with Crippen LogP contribution in [0.4, 0.5) is 10.6 Å². The molecule has 1 aliphatic rings. The number of hydrogen-bond acceptors (Lipinski definition) is 8. The first-order valence-corrected chi connectivity index (χ1v) is 13.5. The Morgan fingerprint density at radius 1 is 1.05 bits per heavy atom. The SMILES string of the molecule is CC(C)(C)OC(=O)NC(C)(C)C(=O)N[C@H](COCc1ccccc1)C(=O)Nc1cn(CCN2CCOCC2)cn1. The Morgan fingerprint density at radius 2 is 1.75 bits per heavy atom. The van der Waals surface area contributed by atoms with Gasteiger partial charge in [0.25, 0.3) is 5.91 Å². The van der Waals surface area contributed by atoms with E-state index < -0.39 is 35.1 Å². The van der Waals surface area contributed by atoms with Gasteiger partial charge in [-0.3, -0.25) is 14.5 Å². The molecule has 12 nitrogen and oxygen atoms in total. The highest BCUT2D eigenvalue weighted by molar-refractivity contribution is 5.98. The second-order valence-electron chi connectivity index (χ2n) is 11.2. The van der Waals surface area contributed by atoms with E-state index in [4.69, 9.17) is 14.2 Å². The normalized spacial score (nSPS) is 15.2. The summed E-state index contributed by atoms with van der Waals surface area (Å²) in [6.07, 6.45) is 2.66. The molecule has 1 aromatic heterocycles. The zero-order valence-corrected chi connectivity index (χ0v) is 24.1. The van der Waals surface area contributed by atoms with E-state index in [9.17, 15) is 14.4 Å². The van der Waals surface area contributed by atoms with Gasteiger partial charge in [-0.25, -0.2) is 9.78 Å². The molecule has 40 heavy (non-hydrogen) atoms. The summed E-state index contributed by atoms with van der Waals surface area (Å²) in [5, 5.41) is 8.03. The highest BCUT2D eigenvalue weighted by atomic mass is 16.6. The standard InChI is InChI=1S/C28H42N6O6/c1-27(2,3)40-26(37)32-28(4,5)25(36)30-22(19-39-18-21-9-7-6-8-10-21)24(35)31-23-17-34(20-29-23)12-11-33-13-15-38-16-14-33/h6-10,17,20,22H,11-16,18-19H2,1-5H3,(H,30,36)(H,31,35)(H,32,37)/t22-/m1/s1. The monoisotopic (exact) mass is 558 g/mol. The Morgan fingerprint density at radius 3 is 2.42 bits per heavy atom. The predicted molar refractivity (Wildman–Crippen MR) is 150 cm³/mol. The minimum Gasteiger partial charge on any atom is -0.444 e. The molecule has 2 heterocycles. The van der Waals surface area contributed by atoms with Crippen LogP contribution in [0.2, 0.25) is 0 Å². The molecule has 3 N–H and O–H groups in total. The van der Waals surface area contributed by atoms with Gasteiger partial charge in [0.1, 0.15) is 17.2 Å². The molecule has 220 valence electrons. The molecule has 1 saturated heterocycles. The van der Waals surface area contributed by atoms with E-state index >= 15 is 0 Å². The van der Waals surface area contributed by atoms with Gasteiger partial charge >= 0.3 is 6.09 Å². The van der Waals surface area contributed by atoms with Crippen LogP contribution in [0.3, 0.4) is 0 Å². The summed E-state index contributed by atoms with van der Waals surface area (Å²) in [7, 11) is 0. The Kier molecular flexibility index (Phi) is 11.1. The number of amides is 3. The van der Waals surface area contributed by atoms with Gasteiger partial charge in [0.2, 0.25) is 5.91 Å². The third-order valence-corrected chi connectivity index (χ3v) is 6.06. The molecule has 0 aliphatic carbocycles. The van der Waals surface area contributed by atoms with E-state index in [2.05, 4.69) is 25.8 Å². The van der Waals surface area contributed by atoms with E-state index in [-0.39, 0.29) is 13.2 Å². The van der Waals surface area contributed by atoms with Crippen molar-refractivity contribution < 1.29 is 28.6 Å². The number of hydrogen-bond donors (Lipinski definition) is 3. The molecule has 0 radical (unpaired) electrons. The number of carbonyl (C=O) groups is 3. The van der Waals surface area contributed by atoms with Crippen LogP contribution < -0.4 is 16.0 Å². The zero-order valence-electron chi connectivity index (χ0n) is 24.1. The van der Waals surface area contributed by atoms with Crippen molar-refractivity contribution in [1.82, 2.24) is 25.1 Å². The van der Waals surface area contributed by atoms with Crippen LogP contribution in [-0.2, 0) is 37.0 Å². The summed E-state index contributed by atoms with van der Waals surface area (Å²) in [6.45, 7) is 13.2. The molecular formula is C28H42N6O6. The Bertz CT molecular complexity index is 1110. The third kappa shape index (κ3) is 10.6. The molecule has 0 spiro atoms. The van der Waals surface area contributed by atoms with Crippen LogP contribution >= 0.6 is 0 Å². The van der Waals surface area contributed by atoms with Gasteiger partial charge in [0, 0.05) is 32.4 Å². The van der Waals surface area contributed by atoms with E-state index in [1.165, 1.54) is 13.8 Å². The number of nitrogens with one attached hydrogen (secondary N) is 3. The average molecular weight is 559 g/mol. The Balaban J connectivity index is 1.61. The van der Waals surface area contributed by atoms with E-state index in [1.807, 2.05) is 34.9 Å². The third-order valence-electron chi connectivity index (χ3n) is 6.06. The van der Waals surface area contributed by atoms with Gasteiger partial charge in [-0.15, -0.1) is 0 Å². The minimum absolute atomic E-state index is 0.0906. The molecular weight excluding hydrogens is 516 g/mol. The molecule has 1 aromatic carbocycles. The van der Waals surface area contributed by atoms with E-state index in [0.717, 1.165) is 38.4 Å². The zero-order chi connectivity index (χ0) is 29.2. The van der Waals surface area contributed by atoms with Gasteiger partial charge < -0.3 is 34.7 Å². The maximum atomic E-state index is 13.3. The number of nitrogens with zero attached hydrogens (tertiary/aromatic N) is 3. The van der Waals surface area contributed by atoms with E-state index in [1.54, 1.807) is 33.3 Å². The lowest BCUT2D eigenvalue weighted by Gasteiger charge is -2.29. The van der Waals surface area contributed by atoms with Crippen LogP contribution in [-0.4, -0.2) is 89.0 Å². The highest BCUT2D eigenvalue weighted by Gasteiger charge is 2.34. The van der Waals surface area contributed by atoms with Crippen LogP contribution in [0.5, 0.6) is 0 Å². The molecule has 0 bridgehead atoms. The number of aromatic nitrogens is 2. The van der Waals surface area contributed by atoms with Crippen molar-refractivity contribution in [1.29, 1.82) is 0 Å². The number of morpholine rings is 1. The average Bonchev–Trinajstić information content (AvgIpc) is 3.33. The van der Waals surface area contributed by atoms with Crippen LogP contribution in [0, 0.1) is 0 Å². The topological polar surface area (TPSA) is 136 Å². The number of benzene rings is 1. The fourth-order valence-corrected chi connectivity index (χ4v) is 3.85. The first-order valence-electron chi connectivity index (χ1n) is 13.5. The molecule has 3 amide bonds. The Hall–Kier alpha value is -3.48. The fourth-order valence-electron chi connectivity index (χ4n) is 3.85. The van der Waals surface area contributed by atoms with Crippen molar-refractivity contribution in [2.24, 2.45) is 0 Å². The summed E-state index contributed by atoms with van der Waals surface area (Å²) in [5.74, 6) is -0.703. The van der Waals surface area contributed by atoms with Gasteiger partial charge in [-0.1, -0.05) is 30.3 Å². The maximum Gasteiger partial charge on any atom is 0.408 e. The van der Waals surface area contributed by atoms with Crippen molar-refractivity contribution in [2.75, 3.05) is 44.8 Å². The summed E-state index contributed by atoms with van der Waals surface area (Å²) in [5.41, 5.74) is -1.16. The molecule has 3 rings (SSSR count). The second kappa shape index (κ2) is 14.2. The quantitative estimate of drug-likeness (QED) is 0.361. The lowest BCUT2D eigenvalue weighted by molar-refractivity contribution is -0.131. The summed E-state index contributed by atoms with van der Waals surface area (Å²) < 4.78 is 18.3. The number of ether oxygens (including phenoxy) is 3. The van der Waals surface area contributed by atoms with Crippen molar-refractivity contribution in [2.45, 2.75) is 65.0 Å². The van der Waals surface area contributed by atoms with Crippen molar-refractivity contribution in [3.8, 4) is 0 Å². The largest absolute Gasteiger partial charge is 0.444 e. The first kappa shape index (κ1) is 31.1. The van der Waals surface area contributed by atoms with E-state index in [0.29, 0.717) is 12.4 Å². The predicted octanol–water partition coefficient (Wildman–Crippen LogP) is 2.16. The molecule has 12 heteroatoms. The fraction of sp³-hybridized carbons (Fsp3) is 0.571. The Labute approximate surface area is 235 Å². The molecule has 1 fully saturated rings. The lowest BCUT2D eigenvalue weighted by Crippen LogP contribution is -2.59. The van der Waals surface area contributed by atoms with Gasteiger partial charge in [-0.2, -0.15) is 0 Å². The smallest absolute Gasteiger partial charge is 0.408 e. The minimum atomic E-state index is -1.36. The molecule has 0 saturated carbocycles. The molecule has 1 aliphatic heterocycles. The van der Waals surface area contributed by atoms with Crippen molar-refractivity contribution in [3.63, 3.8) is 0 Å². The summed E-state index contributed by atoms with van der Waals surface area (Å²) in [6, 6.07) is 8.46. The molecule has 0 unspecified atom stereocenters. The van der Waals surface area contributed by atoms with Gasteiger partial charge in [-0.05, 0) is 40.2 Å². The number of carbonyl (C=O) groups excluding carboxylic acids is 3. The summed E-state index contributed by atoms with van der Waals surface area (Å²) >= 11 is 0. The van der Waals surface area contributed by atoms with Gasteiger partial charge in [0.15, 0.2) is 5.82 Å². The number of rotatable bonds is 12. The molecule has 1 atom stereocenters. The van der Waals surface area contributed by atoms with Crippen LogP contribution in [0.15, 0.2) is 42.9 Å². The first-order chi connectivity index (χ1) is 18.9. The number of anilines is 1. The lowest BCUT2D eigenvalue weighted by atomic mass is 10.0. The maximum absolute atomic E-state index is 13.3.